The highest BCUT2D eigenvalue weighted by Gasteiger charge is 2.31. The lowest BCUT2D eigenvalue weighted by Gasteiger charge is -2.31. The van der Waals surface area contributed by atoms with Crippen molar-refractivity contribution in [2.75, 3.05) is 11.3 Å². The number of hydrogen-bond acceptors (Lipinski definition) is 5. The summed E-state index contributed by atoms with van der Waals surface area (Å²) in [6, 6.07) is 35.6. The molecule has 11 heteroatoms. The standard InChI is InChI=1S/C37H33ClFN3O5S/c38-30-13-11-29(12-14-30)25-42(35(23-27-7-3-1-4-8-27)37(44)40-24-28-9-5-2-6-10-28)36(43)26-47-33-19-21-34(22-20-33)48(45,46)41-32-17-15-31(39)16-18-32/h1-22,35,41H,23-26H2,(H,40,44). The third kappa shape index (κ3) is 9.66. The molecular formula is C37H33ClFN3O5S. The molecule has 0 saturated carbocycles. The van der Waals surface area contributed by atoms with Gasteiger partial charge in [-0.05, 0) is 77.4 Å². The van der Waals surface area contributed by atoms with E-state index in [-0.39, 0.29) is 41.7 Å². The van der Waals surface area contributed by atoms with Gasteiger partial charge in [0, 0.05) is 30.2 Å². The van der Waals surface area contributed by atoms with Gasteiger partial charge in [0.2, 0.25) is 5.91 Å². The number of carbonyl (C=O) groups excluding carboxylic acids is 2. The summed E-state index contributed by atoms with van der Waals surface area (Å²) in [5, 5.41) is 3.53. The van der Waals surface area contributed by atoms with Crippen LogP contribution in [0.4, 0.5) is 10.1 Å². The number of nitrogens with one attached hydrogen (secondary N) is 2. The molecule has 1 atom stereocenters. The van der Waals surface area contributed by atoms with Crippen LogP contribution in [0.3, 0.4) is 0 Å². The first-order valence-corrected chi connectivity index (χ1v) is 16.9. The highest BCUT2D eigenvalue weighted by molar-refractivity contribution is 7.92. The van der Waals surface area contributed by atoms with Crippen molar-refractivity contribution in [3.63, 3.8) is 0 Å². The molecule has 0 aliphatic rings. The van der Waals surface area contributed by atoms with Crippen LogP contribution in [0, 0.1) is 5.82 Å². The number of rotatable bonds is 14. The topological polar surface area (TPSA) is 105 Å². The van der Waals surface area contributed by atoms with Crippen molar-refractivity contribution >= 4 is 39.1 Å². The SMILES string of the molecule is O=C(NCc1ccccc1)C(Cc1ccccc1)N(Cc1ccc(Cl)cc1)C(=O)COc1ccc(S(=O)(=O)Nc2ccc(F)cc2)cc1. The molecule has 5 rings (SSSR count). The van der Waals surface area contributed by atoms with Crippen LogP contribution >= 0.6 is 11.6 Å². The lowest BCUT2D eigenvalue weighted by molar-refractivity contribution is -0.142. The van der Waals surface area contributed by atoms with Gasteiger partial charge >= 0.3 is 0 Å². The van der Waals surface area contributed by atoms with Gasteiger partial charge in [0.25, 0.3) is 15.9 Å². The number of amides is 2. The Hall–Kier alpha value is -5.19. The van der Waals surface area contributed by atoms with Gasteiger partial charge in [-0.2, -0.15) is 0 Å². The van der Waals surface area contributed by atoms with E-state index < -0.39 is 34.4 Å². The normalized spacial score (nSPS) is 11.7. The van der Waals surface area contributed by atoms with Crippen LogP contribution in [0.5, 0.6) is 5.75 Å². The number of sulfonamides is 1. The number of nitrogens with zero attached hydrogens (tertiary/aromatic N) is 1. The number of halogens is 2. The van der Waals surface area contributed by atoms with E-state index >= 15 is 0 Å². The van der Waals surface area contributed by atoms with Crippen molar-refractivity contribution in [2.45, 2.75) is 30.4 Å². The van der Waals surface area contributed by atoms with Gasteiger partial charge < -0.3 is 15.0 Å². The fraction of sp³-hybridized carbons (Fsp3) is 0.135. The van der Waals surface area contributed by atoms with Gasteiger partial charge in [-0.15, -0.1) is 0 Å². The van der Waals surface area contributed by atoms with E-state index in [0.717, 1.165) is 28.8 Å². The van der Waals surface area contributed by atoms with E-state index in [9.17, 15) is 22.4 Å². The van der Waals surface area contributed by atoms with Crippen LogP contribution in [-0.2, 0) is 39.1 Å². The Labute approximate surface area is 284 Å². The largest absolute Gasteiger partial charge is 0.484 e. The second kappa shape index (κ2) is 16.1. The van der Waals surface area contributed by atoms with Gasteiger partial charge in [0.05, 0.1) is 4.90 Å². The number of benzene rings is 5. The molecule has 2 N–H and O–H groups in total. The Morgan fingerprint density at radius 1 is 0.750 bits per heavy atom. The minimum absolute atomic E-state index is 0.0483. The van der Waals surface area contributed by atoms with Crippen molar-refractivity contribution < 1.29 is 27.1 Å². The molecule has 0 radical (unpaired) electrons. The molecule has 0 heterocycles. The Kier molecular flexibility index (Phi) is 11.4. The monoisotopic (exact) mass is 685 g/mol. The first-order chi connectivity index (χ1) is 23.2. The molecule has 0 aromatic heterocycles. The number of carbonyl (C=O) groups is 2. The number of hydrogen-bond donors (Lipinski definition) is 2. The summed E-state index contributed by atoms with van der Waals surface area (Å²) in [5.74, 6) is -1.01. The zero-order chi connectivity index (χ0) is 33.9. The summed E-state index contributed by atoms with van der Waals surface area (Å²) in [6.45, 7) is -0.0116. The molecular weight excluding hydrogens is 653 g/mol. The van der Waals surface area contributed by atoms with E-state index in [1.807, 2.05) is 60.7 Å². The Balaban J connectivity index is 1.34. The van der Waals surface area contributed by atoms with Crippen LogP contribution in [0.2, 0.25) is 5.02 Å². The van der Waals surface area contributed by atoms with Crippen molar-refractivity contribution in [3.8, 4) is 5.75 Å². The minimum atomic E-state index is -3.96. The first kappa shape index (κ1) is 34.2. The van der Waals surface area contributed by atoms with Gasteiger partial charge in [-0.3, -0.25) is 14.3 Å². The average molecular weight is 686 g/mol. The van der Waals surface area contributed by atoms with Crippen LogP contribution in [0.1, 0.15) is 16.7 Å². The van der Waals surface area contributed by atoms with Crippen LogP contribution in [-0.4, -0.2) is 37.8 Å². The fourth-order valence-electron chi connectivity index (χ4n) is 4.92. The van der Waals surface area contributed by atoms with Gasteiger partial charge in [-0.25, -0.2) is 12.8 Å². The fourth-order valence-corrected chi connectivity index (χ4v) is 6.10. The molecule has 2 amide bonds. The van der Waals surface area contributed by atoms with Gasteiger partial charge in [0.15, 0.2) is 6.61 Å². The number of ether oxygens (including phenoxy) is 1. The maximum absolute atomic E-state index is 13.9. The van der Waals surface area contributed by atoms with E-state index in [4.69, 9.17) is 16.3 Å². The Morgan fingerprint density at radius 3 is 1.98 bits per heavy atom. The maximum Gasteiger partial charge on any atom is 0.261 e. The van der Waals surface area contributed by atoms with Crippen molar-refractivity contribution in [3.05, 3.63) is 161 Å². The van der Waals surface area contributed by atoms with Crippen molar-refractivity contribution in [2.24, 2.45) is 0 Å². The van der Waals surface area contributed by atoms with E-state index in [1.54, 1.807) is 24.3 Å². The lowest BCUT2D eigenvalue weighted by atomic mass is 10.0. The summed E-state index contributed by atoms with van der Waals surface area (Å²) < 4.78 is 47.1. The third-order valence-electron chi connectivity index (χ3n) is 7.44. The maximum atomic E-state index is 13.9. The van der Waals surface area contributed by atoms with Gasteiger partial charge in [0.1, 0.15) is 17.6 Å². The molecule has 1 unspecified atom stereocenters. The molecule has 0 fully saturated rings. The molecule has 0 spiro atoms. The molecule has 0 saturated heterocycles. The quantitative estimate of drug-likeness (QED) is 0.137. The zero-order valence-corrected chi connectivity index (χ0v) is 27.3. The summed E-state index contributed by atoms with van der Waals surface area (Å²) >= 11 is 6.11. The van der Waals surface area contributed by atoms with Crippen LogP contribution in [0.15, 0.2) is 138 Å². The predicted octanol–water partition coefficient (Wildman–Crippen LogP) is 6.62. The minimum Gasteiger partial charge on any atom is -0.484 e. The molecule has 0 aliphatic carbocycles. The third-order valence-corrected chi connectivity index (χ3v) is 9.09. The molecule has 246 valence electrons. The van der Waals surface area contributed by atoms with E-state index in [2.05, 4.69) is 10.0 Å². The zero-order valence-electron chi connectivity index (χ0n) is 25.8. The summed E-state index contributed by atoms with van der Waals surface area (Å²) in [4.78, 5) is 29.2. The molecule has 0 bridgehead atoms. The predicted molar refractivity (Wildman–Crippen MR) is 183 cm³/mol. The number of anilines is 1. The molecule has 48 heavy (non-hydrogen) atoms. The smallest absolute Gasteiger partial charge is 0.261 e. The van der Waals surface area contributed by atoms with Crippen molar-refractivity contribution in [1.29, 1.82) is 0 Å². The summed E-state index contributed by atoms with van der Waals surface area (Å²) in [6.07, 6.45) is 0.258. The highest BCUT2D eigenvalue weighted by atomic mass is 35.5. The molecule has 5 aromatic carbocycles. The van der Waals surface area contributed by atoms with Crippen molar-refractivity contribution in [1.82, 2.24) is 10.2 Å². The lowest BCUT2D eigenvalue weighted by Crippen LogP contribution is -2.51. The average Bonchev–Trinajstić information content (AvgIpc) is 3.10. The molecule has 0 aliphatic heterocycles. The Bertz CT molecular complexity index is 1910. The Morgan fingerprint density at radius 2 is 1.35 bits per heavy atom. The molecule has 5 aromatic rings. The first-order valence-electron chi connectivity index (χ1n) is 15.1. The summed E-state index contributed by atoms with van der Waals surface area (Å²) in [5.41, 5.74) is 2.77. The highest BCUT2D eigenvalue weighted by Crippen LogP contribution is 2.21. The van der Waals surface area contributed by atoms with E-state index in [0.29, 0.717) is 5.02 Å². The van der Waals surface area contributed by atoms with E-state index in [1.165, 1.54) is 41.3 Å². The van der Waals surface area contributed by atoms with Gasteiger partial charge in [-0.1, -0.05) is 84.4 Å². The summed E-state index contributed by atoms with van der Waals surface area (Å²) in [7, 11) is -3.96. The van der Waals surface area contributed by atoms with Crippen LogP contribution < -0.4 is 14.8 Å². The molecule has 8 nitrogen and oxygen atoms in total. The second-order valence-corrected chi connectivity index (χ2v) is 13.0. The van der Waals surface area contributed by atoms with Crippen LogP contribution in [0.25, 0.3) is 0 Å². The second-order valence-electron chi connectivity index (χ2n) is 10.9.